The van der Waals surface area contributed by atoms with Crippen LogP contribution in [-0.4, -0.2) is 8.94 Å². The fourth-order valence-electron chi connectivity index (χ4n) is 2.43. The number of rotatable bonds is 4. The van der Waals surface area contributed by atoms with Gasteiger partial charge >= 0.3 is 0 Å². The van der Waals surface area contributed by atoms with E-state index in [0.717, 1.165) is 17.7 Å². The maximum absolute atomic E-state index is 12.4. The maximum atomic E-state index is 12.4. The molecular formula is C19H20Cl2N2OS. The van der Waals surface area contributed by atoms with Gasteiger partial charge in [0.1, 0.15) is 9.36 Å². The van der Waals surface area contributed by atoms with E-state index in [-0.39, 0.29) is 16.6 Å². The zero-order valence-corrected chi connectivity index (χ0v) is 16.5. The van der Waals surface area contributed by atoms with Crippen molar-refractivity contribution in [2.75, 3.05) is 0 Å². The van der Waals surface area contributed by atoms with Gasteiger partial charge in [0.25, 0.3) is 5.56 Å². The van der Waals surface area contributed by atoms with E-state index in [9.17, 15) is 4.79 Å². The number of halogens is 2. The molecule has 1 atom stereocenters. The summed E-state index contributed by atoms with van der Waals surface area (Å²) in [6, 6.07) is 5.57. The van der Waals surface area contributed by atoms with Crippen molar-refractivity contribution in [3.05, 3.63) is 85.8 Å². The smallest absolute Gasteiger partial charge is 0.267 e. The number of hydrogen-bond donors (Lipinski definition) is 0. The van der Waals surface area contributed by atoms with Gasteiger partial charge in [0, 0.05) is 18.3 Å². The third-order valence-electron chi connectivity index (χ3n) is 3.54. The monoisotopic (exact) mass is 394 g/mol. The molecule has 1 unspecified atom stereocenters. The lowest BCUT2D eigenvalue weighted by Gasteiger charge is -2.18. The van der Waals surface area contributed by atoms with Gasteiger partial charge in [-0.15, -0.1) is 0 Å². The topological polar surface area (TPSA) is 34.9 Å². The lowest BCUT2D eigenvalue weighted by Crippen LogP contribution is -2.22. The second-order valence-corrected chi connectivity index (χ2v) is 7.05. The van der Waals surface area contributed by atoms with E-state index in [0.29, 0.717) is 10.8 Å². The Morgan fingerprint density at radius 2 is 2.08 bits per heavy atom. The van der Waals surface area contributed by atoms with Crippen molar-refractivity contribution < 1.29 is 0 Å². The van der Waals surface area contributed by atoms with Crippen LogP contribution in [0.4, 0.5) is 0 Å². The standard InChI is InChI=1S/C17H14Cl2N2OS.C2H6/c18-15-16(19)23-21(17(15)22)14(11-13-9-5-6-10-20-13)12-7-3-1-2-4-8-12;1-2/h1,3-10,14H,2,11H2;1-2H3. The molecule has 0 bridgehead atoms. The molecule has 1 aliphatic rings. The Kier molecular flexibility index (Phi) is 7.69. The molecule has 2 aromatic rings. The van der Waals surface area contributed by atoms with Crippen LogP contribution in [0, 0.1) is 0 Å². The first-order chi connectivity index (χ1) is 12.2. The van der Waals surface area contributed by atoms with Crippen LogP contribution >= 0.6 is 34.7 Å². The average molecular weight is 395 g/mol. The zero-order valence-electron chi connectivity index (χ0n) is 14.2. The van der Waals surface area contributed by atoms with Crippen LogP contribution in [0.3, 0.4) is 0 Å². The van der Waals surface area contributed by atoms with E-state index in [1.807, 2.05) is 50.3 Å². The summed E-state index contributed by atoms with van der Waals surface area (Å²) in [5.74, 6) is 0. The van der Waals surface area contributed by atoms with Crippen LogP contribution in [0.2, 0.25) is 9.36 Å². The fraction of sp³-hybridized carbons (Fsp3) is 0.263. The highest BCUT2D eigenvalue weighted by Crippen LogP contribution is 2.31. The van der Waals surface area contributed by atoms with Crippen molar-refractivity contribution >= 4 is 34.7 Å². The molecule has 2 heterocycles. The van der Waals surface area contributed by atoms with Crippen molar-refractivity contribution in [2.45, 2.75) is 32.7 Å². The number of hydrogen-bond acceptors (Lipinski definition) is 3. The highest BCUT2D eigenvalue weighted by Gasteiger charge is 2.22. The normalized spacial score (nSPS) is 14.3. The van der Waals surface area contributed by atoms with E-state index >= 15 is 0 Å². The Morgan fingerprint density at radius 1 is 1.28 bits per heavy atom. The molecular weight excluding hydrogens is 375 g/mol. The van der Waals surface area contributed by atoms with Gasteiger partial charge in [-0.1, -0.05) is 73.5 Å². The molecule has 3 rings (SSSR count). The van der Waals surface area contributed by atoms with Gasteiger partial charge in [-0.25, -0.2) is 0 Å². The van der Waals surface area contributed by atoms with Gasteiger partial charge in [-0.3, -0.25) is 13.7 Å². The van der Waals surface area contributed by atoms with Crippen molar-refractivity contribution in [1.29, 1.82) is 0 Å². The number of aromatic nitrogens is 2. The number of pyridine rings is 1. The SMILES string of the molecule is CC.O=c1c(Cl)c(Cl)sn1C(Cc1ccccn1)C1=CC=CCC=C1. The van der Waals surface area contributed by atoms with E-state index in [4.69, 9.17) is 23.2 Å². The van der Waals surface area contributed by atoms with E-state index in [2.05, 4.69) is 17.1 Å². The van der Waals surface area contributed by atoms with Crippen molar-refractivity contribution in [3.8, 4) is 0 Å². The molecule has 0 radical (unpaired) electrons. The van der Waals surface area contributed by atoms with E-state index in [1.54, 1.807) is 10.2 Å². The Hall–Kier alpha value is -1.62. The second-order valence-electron chi connectivity index (χ2n) is 5.08. The van der Waals surface area contributed by atoms with E-state index < -0.39 is 0 Å². The highest BCUT2D eigenvalue weighted by molar-refractivity contribution is 7.12. The summed E-state index contributed by atoms with van der Waals surface area (Å²) in [6.07, 6.45) is 13.4. The van der Waals surface area contributed by atoms with Crippen LogP contribution in [0.5, 0.6) is 0 Å². The third-order valence-corrected chi connectivity index (χ3v) is 5.48. The molecule has 0 amide bonds. The predicted molar refractivity (Wildman–Crippen MR) is 108 cm³/mol. The van der Waals surface area contributed by atoms with Crippen molar-refractivity contribution in [3.63, 3.8) is 0 Å². The Morgan fingerprint density at radius 3 is 2.72 bits per heavy atom. The molecule has 0 saturated heterocycles. The number of allylic oxidation sites excluding steroid dienone is 6. The highest BCUT2D eigenvalue weighted by atomic mass is 35.5. The van der Waals surface area contributed by atoms with Gasteiger partial charge < -0.3 is 0 Å². The quantitative estimate of drug-likeness (QED) is 0.650. The summed E-state index contributed by atoms with van der Waals surface area (Å²) in [7, 11) is 0. The lowest BCUT2D eigenvalue weighted by molar-refractivity contribution is 0.601. The minimum absolute atomic E-state index is 0.0800. The van der Waals surface area contributed by atoms with Gasteiger partial charge in [-0.05, 0) is 35.7 Å². The minimum Gasteiger partial charge on any atom is -0.267 e. The summed E-state index contributed by atoms with van der Waals surface area (Å²) < 4.78 is 1.95. The first-order valence-electron chi connectivity index (χ1n) is 8.17. The summed E-state index contributed by atoms with van der Waals surface area (Å²) >= 11 is 13.2. The molecule has 3 nitrogen and oxygen atoms in total. The molecule has 0 fully saturated rings. The van der Waals surface area contributed by atoms with Crippen LogP contribution in [0.15, 0.2) is 65.1 Å². The van der Waals surface area contributed by atoms with Gasteiger partial charge in [-0.2, -0.15) is 0 Å². The summed E-state index contributed by atoms with van der Waals surface area (Å²) in [6.45, 7) is 4.00. The largest absolute Gasteiger partial charge is 0.281 e. The van der Waals surface area contributed by atoms with E-state index in [1.165, 1.54) is 11.5 Å². The lowest BCUT2D eigenvalue weighted by atomic mass is 10.0. The maximum Gasteiger partial charge on any atom is 0.281 e. The first-order valence-corrected chi connectivity index (χ1v) is 9.69. The summed E-state index contributed by atoms with van der Waals surface area (Å²) in [5, 5.41) is 0.0800. The molecule has 2 aromatic heterocycles. The van der Waals surface area contributed by atoms with Gasteiger partial charge in [0.05, 0.1) is 6.04 Å². The summed E-state index contributed by atoms with van der Waals surface area (Å²) in [5.41, 5.74) is 1.68. The molecule has 0 N–H and O–H groups in total. The van der Waals surface area contributed by atoms with Crippen LogP contribution in [0.25, 0.3) is 0 Å². The van der Waals surface area contributed by atoms with Crippen molar-refractivity contribution in [1.82, 2.24) is 8.94 Å². The van der Waals surface area contributed by atoms with Crippen LogP contribution in [-0.2, 0) is 6.42 Å². The zero-order chi connectivity index (χ0) is 18.2. The second kappa shape index (κ2) is 9.76. The van der Waals surface area contributed by atoms with Crippen LogP contribution in [0.1, 0.15) is 32.0 Å². The average Bonchev–Trinajstić information content (AvgIpc) is 2.85. The third kappa shape index (κ3) is 4.94. The van der Waals surface area contributed by atoms with Gasteiger partial charge in [0.15, 0.2) is 0 Å². The molecule has 132 valence electrons. The minimum atomic E-state index is -0.259. The Balaban J connectivity index is 0.00000109. The first kappa shape index (κ1) is 19.7. The Labute approximate surface area is 162 Å². The fourth-order valence-corrected chi connectivity index (χ4v) is 3.81. The molecule has 0 saturated carbocycles. The summed E-state index contributed by atoms with van der Waals surface area (Å²) in [4.78, 5) is 16.8. The molecule has 1 aliphatic carbocycles. The molecule has 0 aromatic carbocycles. The molecule has 6 heteroatoms. The molecule has 25 heavy (non-hydrogen) atoms. The molecule has 0 aliphatic heterocycles. The van der Waals surface area contributed by atoms with Crippen LogP contribution < -0.4 is 5.56 Å². The number of nitrogens with zero attached hydrogens (tertiary/aromatic N) is 2. The Bertz CT molecular complexity index is 835. The predicted octanol–water partition coefficient (Wildman–Crippen LogP) is 5.86. The molecule has 0 spiro atoms. The van der Waals surface area contributed by atoms with Crippen molar-refractivity contribution in [2.24, 2.45) is 0 Å². The van der Waals surface area contributed by atoms with Gasteiger partial charge in [0.2, 0.25) is 0 Å².